The zero-order chi connectivity index (χ0) is 24.3. The van der Waals surface area contributed by atoms with Crippen LogP contribution in [0.5, 0.6) is 0 Å². The number of halogens is 7. The van der Waals surface area contributed by atoms with Gasteiger partial charge in [0.2, 0.25) is 5.79 Å². The molecular weight excluding hydrogens is 489 g/mol. The molecule has 2 aliphatic carbocycles. The monoisotopic (exact) mass is 504 g/mol. The molecular formula is C15H15F7O9S. The van der Waals surface area contributed by atoms with Gasteiger partial charge in [0, 0.05) is 11.8 Å². The molecule has 2 bridgehead atoms. The second-order valence-electron chi connectivity index (χ2n) is 7.53. The first-order valence-electron chi connectivity index (χ1n) is 8.93. The molecule has 9 nitrogen and oxygen atoms in total. The van der Waals surface area contributed by atoms with Crippen LogP contribution in [0.1, 0.15) is 19.3 Å². The first-order chi connectivity index (χ1) is 14.4. The summed E-state index contributed by atoms with van der Waals surface area (Å²) in [6.07, 6.45) is -8.27. The van der Waals surface area contributed by atoms with Gasteiger partial charge in [0.25, 0.3) is 0 Å². The third-order valence-corrected chi connectivity index (χ3v) is 6.34. The van der Waals surface area contributed by atoms with E-state index in [1.165, 1.54) is 0 Å². The average molecular weight is 504 g/mol. The summed E-state index contributed by atoms with van der Waals surface area (Å²) >= 11 is 0. The highest BCUT2D eigenvalue weighted by Gasteiger charge is 2.68. The predicted octanol–water partition coefficient (Wildman–Crippen LogP) is 1.66. The molecule has 1 heterocycles. The van der Waals surface area contributed by atoms with E-state index in [4.69, 9.17) is 14.0 Å². The van der Waals surface area contributed by atoms with Gasteiger partial charge in [-0.2, -0.15) is 39.2 Å². The normalized spacial score (nSPS) is 33.0. The number of carbonyl (C=O) groups is 2. The van der Waals surface area contributed by atoms with Gasteiger partial charge < -0.3 is 18.9 Å². The van der Waals surface area contributed by atoms with E-state index < -0.39 is 82.5 Å². The Labute approximate surface area is 174 Å². The molecule has 32 heavy (non-hydrogen) atoms. The first kappa shape index (κ1) is 24.9. The van der Waals surface area contributed by atoms with Gasteiger partial charge in [-0.15, -0.1) is 0 Å². The minimum Gasteiger partial charge on any atom is -0.458 e. The van der Waals surface area contributed by atoms with Crippen LogP contribution in [0.15, 0.2) is 0 Å². The molecule has 3 aliphatic rings. The Morgan fingerprint density at radius 2 is 1.69 bits per heavy atom. The molecule has 0 aromatic rings. The molecule has 1 N–H and O–H groups in total. The van der Waals surface area contributed by atoms with Crippen molar-refractivity contribution in [2.75, 3.05) is 13.2 Å². The van der Waals surface area contributed by atoms with E-state index in [9.17, 15) is 48.7 Å². The van der Waals surface area contributed by atoms with Gasteiger partial charge in [-0.25, -0.2) is 9.59 Å². The van der Waals surface area contributed by atoms with Crippen molar-refractivity contribution in [1.82, 2.24) is 0 Å². The van der Waals surface area contributed by atoms with E-state index in [1.807, 2.05) is 0 Å². The lowest BCUT2D eigenvalue weighted by atomic mass is 9.91. The molecule has 3 fully saturated rings. The Hall–Kier alpha value is -1.72. The van der Waals surface area contributed by atoms with E-state index in [0.29, 0.717) is 12.8 Å². The number of rotatable bonds is 6. The smallest absolute Gasteiger partial charge is 0.458 e. The molecule has 1 saturated heterocycles. The predicted molar refractivity (Wildman–Crippen MR) is 82.7 cm³/mol. The van der Waals surface area contributed by atoms with Gasteiger partial charge in [0.05, 0.1) is 6.61 Å². The highest BCUT2D eigenvalue weighted by molar-refractivity contribution is 7.87. The van der Waals surface area contributed by atoms with Crippen molar-refractivity contribution in [3.63, 3.8) is 0 Å². The van der Waals surface area contributed by atoms with Crippen LogP contribution in [0.4, 0.5) is 30.7 Å². The molecule has 3 rings (SSSR count). The van der Waals surface area contributed by atoms with Crippen LogP contribution >= 0.6 is 0 Å². The second-order valence-corrected chi connectivity index (χ2v) is 8.99. The fraction of sp³-hybridized carbons (Fsp3) is 0.867. The summed E-state index contributed by atoms with van der Waals surface area (Å²) in [5, 5.41) is -5.30. The molecule has 184 valence electrons. The fourth-order valence-corrected chi connectivity index (χ4v) is 4.32. The summed E-state index contributed by atoms with van der Waals surface area (Å²) in [6, 6.07) is 0. The van der Waals surface area contributed by atoms with Crippen molar-refractivity contribution in [2.24, 2.45) is 11.8 Å². The van der Waals surface area contributed by atoms with Crippen LogP contribution in [0.25, 0.3) is 0 Å². The average Bonchev–Trinajstić information content (AvgIpc) is 3.35. The van der Waals surface area contributed by atoms with E-state index in [0.717, 1.165) is 0 Å². The standard InChI is InChI=1S/C15H15F7O9S/c16-13(17,15(20,21)22)10(23)28-4-8-5-29-12(31-8)7-2-1-6(3-7)9(12)30-11(24)14(18,19)32(25,26)27/h6-9H,1-5H2,(H,25,26,27). The molecule has 0 radical (unpaired) electrons. The van der Waals surface area contributed by atoms with Gasteiger partial charge >= 0.3 is 39.4 Å². The van der Waals surface area contributed by atoms with Crippen LogP contribution in [0.3, 0.4) is 0 Å². The zero-order valence-corrected chi connectivity index (χ0v) is 16.4. The largest absolute Gasteiger partial charge is 0.465 e. The second kappa shape index (κ2) is 7.66. The molecule has 17 heteroatoms. The lowest BCUT2D eigenvalue weighted by Gasteiger charge is -2.38. The Morgan fingerprint density at radius 1 is 1.06 bits per heavy atom. The molecule has 1 spiro atoms. The maximum absolute atomic E-state index is 13.6. The molecule has 2 saturated carbocycles. The van der Waals surface area contributed by atoms with Crippen molar-refractivity contribution in [2.45, 2.75) is 54.6 Å². The van der Waals surface area contributed by atoms with Crippen LogP contribution in [-0.4, -0.2) is 73.5 Å². The maximum atomic E-state index is 13.6. The van der Waals surface area contributed by atoms with E-state index in [2.05, 4.69) is 9.47 Å². The number of esters is 2. The van der Waals surface area contributed by atoms with E-state index in [1.54, 1.807) is 0 Å². The molecule has 0 amide bonds. The van der Waals surface area contributed by atoms with Crippen molar-refractivity contribution < 1.29 is 72.2 Å². The third kappa shape index (κ3) is 3.92. The van der Waals surface area contributed by atoms with Gasteiger partial charge in [0.15, 0.2) is 6.10 Å². The quantitative estimate of drug-likeness (QED) is 0.327. The summed E-state index contributed by atoms with van der Waals surface area (Å²) in [7, 11) is -6.16. The first-order valence-corrected chi connectivity index (χ1v) is 10.4. The summed E-state index contributed by atoms with van der Waals surface area (Å²) in [4.78, 5) is 22.8. The van der Waals surface area contributed by atoms with Crippen LogP contribution in [-0.2, 0) is 38.7 Å². The highest BCUT2D eigenvalue weighted by Crippen LogP contribution is 2.57. The van der Waals surface area contributed by atoms with Crippen LogP contribution < -0.4 is 0 Å². The zero-order valence-electron chi connectivity index (χ0n) is 15.6. The molecule has 5 unspecified atom stereocenters. The Bertz CT molecular complexity index is 890. The van der Waals surface area contributed by atoms with Gasteiger partial charge in [-0.3, -0.25) is 4.55 Å². The number of hydrogen-bond acceptors (Lipinski definition) is 8. The maximum Gasteiger partial charge on any atom is 0.465 e. The summed E-state index contributed by atoms with van der Waals surface area (Å²) in [5.74, 6) is -14.4. The summed E-state index contributed by atoms with van der Waals surface area (Å²) < 4.78 is 139. The van der Waals surface area contributed by atoms with Crippen LogP contribution in [0, 0.1) is 11.8 Å². The third-order valence-electron chi connectivity index (χ3n) is 5.52. The fourth-order valence-electron chi connectivity index (χ4n) is 4.06. The highest BCUT2D eigenvalue weighted by atomic mass is 32.2. The topological polar surface area (TPSA) is 125 Å². The van der Waals surface area contributed by atoms with Crippen molar-refractivity contribution in [3.05, 3.63) is 0 Å². The SMILES string of the molecule is O=C(OCC1COC2(O1)C1CCC(C1)C2OC(=O)C(F)(F)S(=O)(=O)O)C(F)(F)C(F)(F)F. The van der Waals surface area contributed by atoms with E-state index in [-0.39, 0.29) is 6.42 Å². The number of fused-ring (bicyclic) bond motifs is 3. The van der Waals surface area contributed by atoms with Gasteiger partial charge in [0.1, 0.15) is 12.7 Å². The van der Waals surface area contributed by atoms with Crippen molar-refractivity contribution >= 4 is 22.1 Å². The Balaban J connectivity index is 1.70. The number of carbonyl (C=O) groups excluding carboxylic acids is 2. The lowest BCUT2D eigenvalue weighted by molar-refractivity contribution is -0.283. The minimum atomic E-state index is -6.19. The number of alkyl halides is 7. The van der Waals surface area contributed by atoms with E-state index >= 15 is 0 Å². The Kier molecular flexibility index (Phi) is 5.97. The van der Waals surface area contributed by atoms with Crippen molar-refractivity contribution in [3.8, 4) is 0 Å². The lowest BCUT2D eigenvalue weighted by Crippen LogP contribution is -2.53. The Morgan fingerprint density at radius 3 is 2.25 bits per heavy atom. The van der Waals surface area contributed by atoms with Gasteiger partial charge in [-0.05, 0) is 19.3 Å². The molecule has 0 aromatic heterocycles. The summed E-state index contributed by atoms with van der Waals surface area (Å²) in [6.45, 7) is -1.66. The molecule has 1 aliphatic heterocycles. The minimum absolute atomic E-state index is 0.216. The van der Waals surface area contributed by atoms with Crippen molar-refractivity contribution in [1.29, 1.82) is 0 Å². The molecule has 0 aromatic carbocycles. The number of hydrogen-bond donors (Lipinski definition) is 1. The van der Waals surface area contributed by atoms with Gasteiger partial charge in [-0.1, -0.05) is 0 Å². The number of ether oxygens (including phenoxy) is 4. The van der Waals surface area contributed by atoms with Crippen LogP contribution in [0.2, 0.25) is 0 Å². The molecule has 5 atom stereocenters. The summed E-state index contributed by atoms with van der Waals surface area (Å²) in [5.41, 5.74) is 0.